The molecule has 4 heterocycles. The molecule has 21 nitrogen and oxygen atoms in total. The number of nitrogens with one attached hydrogen (secondary N) is 8. The van der Waals surface area contributed by atoms with Crippen LogP contribution in [0.25, 0.3) is 21.8 Å². The first-order chi connectivity index (χ1) is 37.5. The summed E-state index contributed by atoms with van der Waals surface area (Å²) in [7, 11) is 0. The maximum Gasteiger partial charge on any atom is 0.408 e. The van der Waals surface area contributed by atoms with Crippen molar-refractivity contribution in [3.8, 4) is 0 Å². The molecule has 0 spiro atoms. The fourth-order valence-electron chi connectivity index (χ4n) is 11.3. The number of aliphatic carboxylic acids is 1. The normalized spacial score (nSPS) is 17.7. The number of aromatic nitrogens is 2. The largest absolute Gasteiger partial charge is 0.480 e. The minimum Gasteiger partial charge on any atom is -0.480 e. The summed E-state index contributed by atoms with van der Waals surface area (Å²) >= 11 is 0. The highest BCUT2D eigenvalue weighted by molar-refractivity contribution is 6.17. The second-order valence-electron chi connectivity index (χ2n) is 23.3. The fraction of sp³-hybridized carbons (Fsp3) is 0.569. The van der Waals surface area contributed by atoms with Crippen LogP contribution in [0, 0.1) is 17.8 Å². The number of amides is 6. The molecule has 5 aliphatic rings. The molecule has 11 N–H and O–H groups in total. The van der Waals surface area contributed by atoms with E-state index in [1.54, 1.807) is 66.1 Å². The van der Waals surface area contributed by atoms with E-state index < -0.39 is 47.5 Å². The van der Waals surface area contributed by atoms with E-state index in [4.69, 9.17) is 15.2 Å². The van der Waals surface area contributed by atoms with E-state index in [9.17, 15) is 38.7 Å². The van der Waals surface area contributed by atoms with E-state index in [0.29, 0.717) is 22.5 Å². The van der Waals surface area contributed by atoms with Crippen LogP contribution in [-0.2, 0) is 36.7 Å². The van der Waals surface area contributed by atoms with Gasteiger partial charge < -0.3 is 51.5 Å². The van der Waals surface area contributed by atoms with Gasteiger partial charge in [-0.05, 0) is 135 Å². The Hall–Kier alpha value is -7.00. The number of aryl methyl sites for hydroxylation is 2. The third-order valence-electron chi connectivity index (χ3n) is 15.1. The number of hydrazone groups is 2. The minimum atomic E-state index is -0.979. The number of benzene rings is 2. The number of carboxylic acids is 1. The number of rotatable bonds is 12. The smallest absolute Gasteiger partial charge is 0.408 e. The van der Waals surface area contributed by atoms with Crippen molar-refractivity contribution < 1.29 is 48.1 Å². The number of carbonyl (C=O) groups is 7. The lowest BCUT2D eigenvalue weighted by Crippen LogP contribution is -2.50. The van der Waals surface area contributed by atoms with Gasteiger partial charge in [0, 0.05) is 55.7 Å². The van der Waals surface area contributed by atoms with Crippen LogP contribution in [0.15, 0.2) is 34.5 Å². The molecule has 80 heavy (non-hydrogen) atoms. The maximum absolute atomic E-state index is 13.4. The molecular weight excluding hydrogens is 1050 g/mol. The van der Waals surface area contributed by atoms with Gasteiger partial charge in [0.2, 0.25) is 11.8 Å². The summed E-state index contributed by atoms with van der Waals surface area (Å²) in [6, 6.07) is 4.95. The molecule has 22 heteroatoms. The first-order valence-electron chi connectivity index (χ1n) is 28.2. The highest BCUT2D eigenvalue weighted by Crippen LogP contribution is 2.34. The van der Waals surface area contributed by atoms with Crippen LogP contribution in [0.2, 0.25) is 0 Å². The maximum atomic E-state index is 13.4. The average Bonchev–Trinajstić information content (AvgIpc) is 3.83. The zero-order valence-electron chi connectivity index (χ0n) is 47.5. The number of nitrogens with two attached hydrogens (primary N) is 1. The number of carboxylic acid groups (broad SMARTS) is 1. The molecule has 2 aromatic carbocycles. The number of aromatic amines is 2. The Morgan fingerprint density at radius 2 is 0.975 bits per heavy atom. The van der Waals surface area contributed by atoms with Crippen LogP contribution in [-0.4, -0.2) is 98.6 Å². The molecule has 2 aliphatic heterocycles. The summed E-state index contributed by atoms with van der Waals surface area (Å²) in [6.45, 7) is 14.7. The van der Waals surface area contributed by atoms with Crippen LogP contribution >= 0.6 is 12.4 Å². The first-order valence-corrected chi connectivity index (χ1v) is 28.2. The number of ether oxygens (including phenoxy) is 2. The van der Waals surface area contributed by atoms with E-state index in [1.807, 2.05) is 26.0 Å². The lowest BCUT2D eigenvalue weighted by Gasteiger charge is -2.31. The number of H-pyrrole nitrogens is 2. The number of alkyl carbamates (subject to hydrolysis) is 2. The molecule has 3 aliphatic carbocycles. The minimum absolute atomic E-state index is 0. The monoisotopic (exact) mass is 1130 g/mol. The molecule has 436 valence electrons. The number of hydrogen-bond donors (Lipinski definition) is 10. The molecular formula is C58H82ClN11O10. The van der Waals surface area contributed by atoms with Gasteiger partial charge in [-0.1, -0.05) is 71.6 Å². The number of anilines is 2. The quantitative estimate of drug-likeness (QED) is 0.0636. The molecule has 6 amide bonds. The van der Waals surface area contributed by atoms with Crippen LogP contribution in [0.1, 0.15) is 195 Å². The molecule has 9 rings (SSSR count). The van der Waals surface area contributed by atoms with Gasteiger partial charge in [0.25, 0.3) is 11.8 Å². The number of hydrogen-bond acceptors (Lipinski definition) is 12. The molecule has 2 aromatic heterocycles. The first kappa shape index (κ1) is 62.2. The van der Waals surface area contributed by atoms with Gasteiger partial charge in [-0.3, -0.25) is 19.2 Å². The van der Waals surface area contributed by atoms with E-state index in [1.165, 1.54) is 6.42 Å². The van der Waals surface area contributed by atoms with Gasteiger partial charge in [0.05, 0.1) is 29.6 Å². The summed E-state index contributed by atoms with van der Waals surface area (Å²) in [5.74, 6) is -1.86. The standard InChI is InChI=1S/C25H33N5O4.C20H25N5O2.C13H23NO4.ClH/c1-5-18-17-13-26-30-22(31)16-11-15(12-19(28-18)20(16)17)27-23(32)21(14-9-7-6-8-10-14)29-24(33)34-25(2,3)4;1-2-15-14-10-22-25-19(26)13-8-12(9-16(24-15)17(13)14)23-20(27)18(21)11-6-4-3-5-7-11;1-13(2,3)18-12(17)14-10(11(15)16)9-7-5-4-6-8-9;/h11-14,21,28H,5-10H2,1-4H3,(H,27,32)(H,29,33)(H,30,31);8-11,18,24H,2-7,21H2,1H3,(H,23,27)(H,25,26);9-10H,4-8H2,1-3H3,(H,14,17)(H,15,16);1H/t21-;18-;10-;/m111./s1. The van der Waals surface area contributed by atoms with Crippen LogP contribution in [0.3, 0.4) is 0 Å². The zero-order chi connectivity index (χ0) is 57.2. The molecule has 0 bridgehead atoms. The summed E-state index contributed by atoms with van der Waals surface area (Å²) in [4.78, 5) is 93.2. The summed E-state index contributed by atoms with van der Waals surface area (Å²) in [5, 5.41) is 30.0. The second-order valence-corrected chi connectivity index (χ2v) is 23.3. The Bertz CT molecular complexity index is 2950. The third kappa shape index (κ3) is 16.1. The van der Waals surface area contributed by atoms with Crippen molar-refractivity contribution in [2.45, 2.75) is 194 Å². The molecule has 3 atom stereocenters. The van der Waals surface area contributed by atoms with E-state index in [2.05, 4.69) is 52.3 Å². The van der Waals surface area contributed by atoms with Crippen LogP contribution in [0.5, 0.6) is 0 Å². The Labute approximate surface area is 473 Å². The SMILES string of the molecule is CC(C)(C)OC(=O)N[C@@H](C(=O)O)C1CCCCC1.CCc1[nH]c2cc(NC(=O)[C@H](N)C3CCCCC3)cc3c2c1C=NNC3=O.CCc1[nH]c2cc(NC(=O)[C@H](NC(=O)OC(C)(C)C)C3CCCCC3)cc3c2c1C=NNC3=O.Cl. The zero-order valence-corrected chi connectivity index (χ0v) is 48.3. The van der Waals surface area contributed by atoms with Gasteiger partial charge in [-0.15, -0.1) is 12.4 Å². The van der Waals surface area contributed by atoms with E-state index >= 15 is 0 Å². The predicted octanol–water partition coefficient (Wildman–Crippen LogP) is 9.84. The van der Waals surface area contributed by atoms with Crippen molar-refractivity contribution >= 4 is 99.8 Å². The van der Waals surface area contributed by atoms with Crippen molar-refractivity contribution in [2.24, 2.45) is 33.7 Å². The highest BCUT2D eigenvalue weighted by Gasteiger charge is 2.35. The number of halogens is 1. The lowest BCUT2D eigenvalue weighted by molar-refractivity contribution is -0.141. The highest BCUT2D eigenvalue weighted by atomic mass is 35.5. The molecule has 0 unspecified atom stereocenters. The van der Waals surface area contributed by atoms with Gasteiger partial charge in [-0.2, -0.15) is 10.2 Å². The molecule has 0 radical (unpaired) electrons. The number of carbonyl (C=O) groups excluding carboxylic acids is 6. The topological polar surface area (TPSA) is 313 Å². The van der Waals surface area contributed by atoms with Crippen molar-refractivity contribution in [1.82, 2.24) is 31.5 Å². The van der Waals surface area contributed by atoms with Gasteiger partial charge in [0.15, 0.2) is 0 Å². The average molecular weight is 1130 g/mol. The van der Waals surface area contributed by atoms with Gasteiger partial charge in [0.1, 0.15) is 23.3 Å². The third-order valence-corrected chi connectivity index (χ3v) is 15.1. The molecule has 0 saturated heterocycles. The summed E-state index contributed by atoms with van der Waals surface area (Å²) < 4.78 is 10.5. The van der Waals surface area contributed by atoms with Crippen molar-refractivity contribution in [3.05, 3.63) is 57.9 Å². The lowest BCUT2D eigenvalue weighted by atomic mass is 9.83. The Balaban J connectivity index is 0.000000202. The predicted molar refractivity (Wildman–Crippen MR) is 312 cm³/mol. The van der Waals surface area contributed by atoms with Crippen LogP contribution in [0.4, 0.5) is 21.0 Å². The Morgan fingerprint density at radius 1 is 0.600 bits per heavy atom. The fourth-order valence-corrected chi connectivity index (χ4v) is 11.3. The molecule has 3 fully saturated rings. The number of nitrogens with zero attached hydrogens (tertiary/aromatic N) is 2. The van der Waals surface area contributed by atoms with Gasteiger partial charge >= 0.3 is 18.2 Å². The van der Waals surface area contributed by atoms with Gasteiger partial charge in [-0.25, -0.2) is 25.2 Å². The van der Waals surface area contributed by atoms with Crippen LogP contribution < -0.4 is 37.9 Å². The molecule has 3 saturated carbocycles. The second kappa shape index (κ2) is 27.4. The Morgan fingerprint density at radius 3 is 1.36 bits per heavy atom. The van der Waals surface area contributed by atoms with E-state index in [-0.39, 0.29) is 53.8 Å². The van der Waals surface area contributed by atoms with Crippen molar-refractivity contribution in [3.63, 3.8) is 0 Å². The summed E-state index contributed by atoms with van der Waals surface area (Å²) in [6.07, 6.45) is 18.9. The molecule has 4 aromatic rings. The van der Waals surface area contributed by atoms with Crippen molar-refractivity contribution in [1.29, 1.82) is 0 Å². The van der Waals surface area contributed by atoms with E-state index in [0.717, 1.165) is 147 Å². The van der Waals surface area contributed by atoms with Crippen molar-refractivity contribution in [2.75, 3.05) is 10.6 Å². The summed E-state index contributed by atoms with van der Waals surface area (Å²) in [5.41, 5.74) is 17.3. The Kier molecular flexibility index (Phi) is 21.3.